The Balaban J connectivity index is 2.39. The van der Waals surface area contributed by atoms with Crippen LogP contribution >= 0.6 is 15.9 Å². The topological polar surface area (TPSA) is 43.8 Å². The molecule has 0 fully saturated rings. The van der Waals surface area contributed by atoms with Crippen molar-refractivity contribution in [2.24, 2.45) is 0 Å². The largest absolute Gasteiger partial charge is 0.369 e. The smallest absolute Gasteiger partial charge is 0.205 e. The molecular formula is C14H11BrFN3. The third-order valence-electron chi connectivity index (χ3n) is 3.05. The van der Waals surface area contributed by atoms with Crippen LogP contribution in [0.1, 0.15) is 5.56 Å². The van der Waals surface area contributed by atoms with E-state index < -0.39 is 0 Å². The summed E-state index contributed by atoms with van der Waals surface area (Å²) in [7, 11) is 0. The second-order valence-electron chi connectivity index (χ2n) is 4.35. The maximum absolute atomic E-state index is 13.4. The maximum atomic E-state index is 13.4. The molecule has 0 atom stereocenters. The highest BCUT2D eigenvalue weighted by Gasteiger charge is 2.13. The molecule has 0 aliphatic heterocycles. The van der Waals surface area contributed by atoms with Crippen LogP contribution in [0.5, 0.6) is 0 Å². The number of imidazole rings is 1. The molecule has 3 nitrogen and oxygen atoms in total. The lowest BCUT2D eigenvalue weighted by atomic mass is 10.2. The molecule has 0 saturated heterocycles. The van der Waals surface area contributed by atoms with Gasteiger partial charge in [-0.05, 0) is 46.6 Å². The van der Waals surface area contributed by atoms with Crippen LogP contribution in [0.3, 0.4) is 0 Å². The molecule has 3 aromatic rings. The molecule has 1 aromatic heterocycles. The summed E-state index contributed by atoms with van der Waals surface area (Å²) in [6.45, 7) is 1.99. The number of anilines is 1. The molecule has 19 heavy (non-hydrogen) atoms. The molecule has 0 aliphatic rings. The van der Waals surface area contributed by atoms with Gasteiger partial charge in [-0.3, -0.25) is 4.57 Å². The molecule has 5 heteroatoms. The molecule has 3 rings (SSSR count). The van der Waals surface area contributed by atoms with Crippen LogP contribution in [0.2, 0.25) is 0 Å². The fourth-order valence-electron chi connectivity index (χ4n) is 2.12. The first-order valence-corrected chi connectivity index (χ1v) is 6.56. The summed E-state index contributed by atoms with van der Waals surface area (Å²) in [6.07, 6.45) is 0. The van der Waals surface area contributed by atoms with E-state index in [0.717, 1.165) is 15.7 Å². The van der Waals surface area contributed by atoms with Gasteiger partial charge in [-0.25, -0.2) is 9.37 Å². The summed E-state index contributed by atoms with van der Waals surface area (Å²) in [4.78, 5) is 4.25. The van der Waals surface area contributed by atoms with Crippen LogP contribution in [0.15, 0.2) is 40.9 Å². The highest BCUT2D eigenvalue weighted by molar-refractivity contribution is 9.10. The number of hydrogen-bond donors (Lipinski definition) is 1. The molecule has 0 unspecified atom stereocenters. The summed E-state index contributed by atoms with van der Waals surface area (Å²) in [5.41, 5.74) is 9.22. The summed E-state index contributed by atoms with van der Waals surface area (Å²) < 4.78 is 16.1. The first-order chi connectivity index (χ1) is 9.08. The minimum absolute atomic E-state index is 0.308. The van der Waals surface area contributed by atoms with Gasteiger partial charge in [-0.15, -0.1) is 0 Å². The molecule has 0 amide bonds. The quantitative estimate of drug-likeness (QED) is 0.741. The van der Waals surface area contributed by atoms with E-state index >= 15 is 0 Å². The predicted molar refractivity (Wildman–Crippen MR) is 77.9 cm³/mol. The zero-order valence-corrected chi connectivity index (χ0v) is 11.8. The van der Waals surface area contributed by atoms with E-state index in [0.29, 0.717) is 17.0 Å². The summed E-state index contributed by atoms with van der Waals surface area (Å²) in [5, 5.41) is 0. The number of benzene rings is 2. The molecule has 0 aliphatic carbocycles. The lowest BCUT2D eigenvalue weighted by Gasteiger charge is -2.10. The zero-order chi connectivity index (χ0) is 13.6. The Bertz CT molecular complexity index is 780. The highest BCUT2D eigenvalue weighted by atomic mass is 79.9. The van der Waals surface area contributed by atoms with E-state index in [-0.39, 0.29) is 5.82 Å². The van der Waals surface area contributed by atoms with Crippen LogP contribution in [0.25, 0.3) is 16.7 Å². The molecule has 0 radical (unpaired) electrons. The monoisotopic (exact) mass is 319 g/mol. The fraction of sp³-hybridized carbons (Fsp3) is 0.0714. The number of halogens is 2. The van der Waals surface area contributed by atoms with Gasteiger partial charge in [0.1, 0.15) is 5.82 Å². The van der Waals surface area contributed by atoms with Crippen molar-refractivity contribution in [1.29, 1.82) is 0 Å². The Morgan fingerprint density at radius 1 is 1.26 bits per heavy atom. The van der Waals surface area contributed by atoms with E-state index in [9.17, 15) is 4.39 Å². The Labute approximate surface area is 118 Å². The fourth-order valence-corrected chi connectivity index (χ4v) is 2.57. The van der Waals surface area contributed by atoms with E-state index in [1.165, 1.54) is 12.1 Å². The number of nitrogens with two attached hydrogens (primary N) is 1. The van der Waals surface area contributed by atoms with Crippen LogP contribution in [0.4, 0.5) is 10.3 Å². The van der Waals surface area contributed by atoms with Crippen LogP contribution < -0.4 is 5.73 Å². The Morgan fingerprint density at radius 2 is 2.05 bits per heavy atom. The van der Waals surface area contributed by atoms with Gasteiger partial charge in [0.15, 0.2) is 0 Å². The molecule has 0 spiro atoms. The Morgan fingerprint density at radius 3 is 2.84 bits per heavy atom. The van der Waals surface area contributed by atoms with Crippen molar-refractivity contribution in [3.8, 4) is 5.69 Å². The average molecular weight is 320 g/mol. The Hall–Kier alpha value is -1.88. The number of nitrogens with zero attached hydrogens (tertiary/aromatic N) is 2. The van der Waals surface area contributed by atoms with Gasteiger partial charge in [0.05, 0.1) is 16.7 Å². The second-order valence-corrected chi connectivity index (χ2v) is 5.14. The van der Waals surface area contributed by atoms with E-state index in [1.54, 1.807) is 10.6 Å². The number of nitrogen functional groups attached to an aromatic ring is 1. The predicted octanol–water partition coefficient (Wildman–Crippen LogP) is 3.82. The Kier molecular flexibility index (Phi) is 2.78. The zero-order valence-electron chi connectivity index (χ0n) is 10.2. The van der Waals surface area contributed by atoms with Gasteiger partial charge in [-0.1, -0.05) is 12.1 Å². The molecule has 0 bridgehead atoms. The van der Waals surface area contributed by atoms with E-state index in [4.69, 9.17) is 5.73 Å². The van der Waals surface area contributed by atoms with Crippen molar-refractivity contribution in [1.82, 2.24) is 9.55 Å². The average Bonchev–Trinajstić information content (AvgIpc) is 2.69. The number of rotatable bonds is 1. The summed E-state index contributed by atoms with van der Waals surface area (Å²) >= 11 is 3.54. The van der Waals surface area contributed by atoms with Crippen LogP contribution in [0, 0.1) is 12.7 Å². The summed E-state index contributed by atoms with van der Waals surface area (Å²) in [5.74, 6) is 0.0318. The van der Waals surface area contributed by atoms with Gasteiger partial charge >= 0.3 is 0 Å². The SMILES string of the molecule is Cc1cccc(-n2c(N)nc3ccc(F)cc32)c1Br. The highest BCUT2D eigenvalue weighted by Crippen LogP contribution is 2.30. The van der Waals surface area contributed by atoms with Gasteiger partial charge in [0.2, 0.25) is 5.95 Å². The van der Waals surface area contributed by atoms with Gasteiger partial charge in [0, 0.05) is 10.5 Å². The minimum atomic E-state index is -0.308. The van der Waals surface area contributed by atoms with Crippen molar-refractivity contribution >= 4 is 32.9 Å². The number of fused-ring (bicyclic) bond motifs is 1. The van der Waals surface area contributed by atoms with Crippen LogP contribution in [-0.4, -0.2) is 9.55 Å². The van der Waals surface area contributed by atoms with Gasteiger partial charge in [-0.2, -0.15) is 0 Å². The number of hydrogen-bond acceptors (Lipinski definition) is 2. The molecule has 0 saturated carbocycles. The maximum Gasteiger partial charge on any atom is 0.205 e. The molecular weight excluding hydrogens is 309 g/mol. The van der Waals surface area contributed by atoms with Crippen molar-refractivity contribution in [2.75, 3.05) is 5.73 Å². The lowest BCUT2D eigenvalue weighted by Crippen LogP contribution is -2.02. The van der Waals surface area contributed by atoms with Crippen molar-refractivity contribution < 1.29 is 4.39 Å². The lowest BCUT2D eigenvalue weighted by molar-refractivity contribution is 0.629. The number of aromatic nitrogens is 2. The van der Waals surface area contributed by atoms with Crippen molar-refractivity contribution in [3.63, 3.8) is 0 Å². The van der Waals surface area contributed by atoms with Gasteiger partial charge in [0.25, 0.3) is 0 Å². The first kappa shape index (κ1) is 12.2. The molecule has 2 N–H and O–H groups in total. The molecule has 96 valence electrons. The first-order valence-electron chi connectivity index (χ1n) is 5.77. The van der Waals surface area contributed by atoms with Crippen molar-refractivity contribution in [2.45, 2.75) is 6.92 Å². The number of aryl methyl sites for hydroxylation is 1. The van der Waals surface area contributed by atoms with Gasteiger partial charge < -0.3 is 5.73 Å². The standard InChI is InChI=1S/C14H11BrFN3/c1-8-3-2-4-11(13(8)15)19-12-7-9(16)5-6-10(12)18-14(19)17/h2-7H,1H3,(H2,17,18). The third-order valence-corrected chi connectivity index (χ3v) is 4.09. The van der Waals surface area contributed by atoms with Crippen molar-refractivity contribution in [3.05, 3.63) is 52.3 Å². The molecule has 2 aromatic carbocycles. The summed E-state index contributed by atoms with van der Waals surface area (Å²) in [6, 6.07) is 10.3. The normalized spacial score (nSPS) is 11.1. The van der Waals surface area contributed by atoms with E-state index in [1.807, 2.05) is 25.1 Å². The third kappa shape index (κ3) is 1.90. The molecule has 1 heterocycles. The van der Waals surface area contributed by atoms with Crippen LogP contribution in [-0.2, 0) is 0 Å². The van der Waals surface area contributed by atoms with E-state index in [2.05, 4.69) is 20.9 Å². The second kappa shape index (κ2) is 4.35. The minimum Gasteiger partial charge on any atom is -0.369 e.